The Labute approximate surface area is 150 Å². The maximum Gasteiger partial charge on any atom is 0.227 e. The molecule has 0 radical (unpaired) electrons. The van der Waals surface area contributed by atoms with Crippen molar-refractivity contribution in [3.63, 3.8) is 0 Å². The van der Waals surface area contributed by atoms with Crippen LogP contribution < -0.4 is 5.73 Å². The highest BCUT2D eigenvalue weighted by atomic mass is 32.2. The van der Waals surface area contributed by atoms with Gasteiger partial charge in [0.25, 0.3) is 0 Å². The summed E-state index contributed by atoms with van der Waals surface area (Å²) >= 11 is 1.24. The van der Waals surface area contributed by atoms with E-state index in [-0.39, 0.29) is 17.6 Å². The molecule has 6 nitrogen and oxygen atoms in total. The van der Waals surface area contributed by atoms with Gasteiger partial charge in [0.05, 0.1) is 11.8 Å². The van der Waals surface area contributed by atoms with E-state index in [2.05, 4.69) is 22.0 Å². The highest BCUT2D eigenvalue weighted by Gasteiger charge is 2.25. The Morgan fingerprint density at radius 2 is 1.92 bits per heavy atom. The van der Waals surface area contributed by atoms with Crippen molar-refractivity contribution in [3.8, 4) is 5.69 Å². The van der Waals surface area contributed by atoms with Gasteiger partial charge in [-0.3, -0.25) is 14.3 Å². The number of piperidine rings is 1. The molecular weight excluding hydrogens is 341 g/mol. The lowest BCUT2D eigenvalue weighted by atomic mass is 10.1. The van der Waals surface area contributed by atoms with Crippen molar-refractivity contribution in [3.05, 3.63) is 35.9 Å². The van der Waals surface area contributed by atoms with E-state index in [0.717, 1.165) is 24.6 Å². The van der Waals surface area contributed by atoms with E-state index in [4.69, 9.17) is 5.73 Å². The van der Waals surface area contributed by atoms with Crippen molar-refractivity contribution >= 4 is 17.7 Å². The fraction of sp³-hybridized carbons (Fsp3) is 0.471. The predicted octanol–water partition coefficient (Wildman–Crippen LogP) is 2.53. The van der Waals surface area contributed by atoms with Gasteiger partial charge in [-0.25, -0.2) is 4.39 Å². The predicted molar refractivity (Wildman–Crippen MR) is 95.1 cm³/mol. The van der Waals surface area contributed by atoms with E-state index in [0.29, 0.717) is 5.16 Å². The van der Waals surface area contributed by atoms with E-state index in [1.165, 1.54) is 43.2 Å². The van der Waals surface area contributed by atoms with Crippen molar-refractivity contribution < 1.29 is 9.18 Å². The number of amides is 1. The fourth-order valence-electron chi connectivity index (χ4n) is 3.08. The number of carbonyl (C=O) groups is 1. The second kappa shape index (κ2) is 7.97. The van der Waals surface area contributed by atoms with E-state index < -0.39 is 5.91 Å². The lowest BCUT2D eigenvalue weighted by molar-refractivity contribution is -0.115. The summed E-state index contributed by atoms with van der Waals surface area (Å²) in [6, 6.07) is 6.29. The molecule has 1 saturated heterocycles. The quantitative estimate of drug-likeness (QED) is 0.798. The molecule has 1 fully saturated rings. The first-order chi connectivity index (χ1) is 12.1. The average Bonchev–Trinajstić information content (AvgIpc) is 3.04. The van der Waals surface area contributed by atoms with Crippen LogP contribution in [0.2, 0.25) is 0 Å². The first kappa shape index (κ1) is 17.9. The van der Waals surface area contributed by atoms with Crippen LogP contribution in [0.5, 0.6) is 0 Å². The van der Waals surface area contributed by atoms with Gasteiger partial charge in [-0.1, -0.05) is 18.2 Å². The standard InChI is InChI=1S/C17H22FN5OS/c1-12(22-9-3-2-4-10-22)16-20-21-17(25-11-15(19)24)23(16)14-7-5-13(18)6-8-14/h5-8,12H,2-4,9-11H2,1H3,(H2,19,24). The molecule has 1 aromatic carbocycles. The zero-order valence-electron chi connectivity index (χ0n) is 14.2. The van der Waals surface area contributed by atoms with Gasteiger partial charge < -0.3 is 5.73 Å². The molecule has 3 rings (SSSR count). The van der Waals surface area contributed by atoms with Gasteiger partial charge >= 0.3 is 0 Å². The number of likely N-dealkylation sites (tertiary alicyclic amines) is 1. The Bertz CT molecular complexity index is 727. The number of hydrogen-bond acceptors (Lipinski definition) is 5. The molecule has 1 aliphatic heterocycles. The molecule has 0 aliphatic carbocycles. The smallest absolute Gasteiger partial charge is 0.227 e. The van der Waals surface area contributed by atoms with Gasteiger partial charge in [0.1, 0.15) is 5.82 Å². The Balaban J connectivity index is 1.96. The summed E-state index contributed by atoms with van der Waals surface area (Å²) < 4.78 is 15.2. The molecule has 1 atom stereocenters. The molecule has 1 aliphatic rings. The van der Waals surface area contributed by atoms with Gasteiger partial charge in [-0.15, -0.1) is 10.2 Å². The third-order valence-electron chi connectivity index (χ3n) is 4.40. The molecule has 1 aromatic heterocycles. The van der Waals surface area contributed by atoms with E-state index in [9.17, 15) is 9.18 Å². The van der Waals surface area contributed by atoms with Gasteiger partial charge in [0.15, 0.2) is 11.0 Å². The van der Waals surface area contributed by atoms with E-state index in [1.807, 2.05) is 4.57 Å². The largest absolute Gasteiger partial charge is 0.369 e. The zero-order valence-corrected chi connectivity index (χ0v) is 15.0. The van der Waals surface area contributed by atoms with Gasteiger partial charge in [-0.05, 0) is 57.1 Å². The van der Waals surface area contributed by atoms with Crippen LogP contribution in [0.3, 0.4) is 0 Å². The number of rotatable bonds is 6. The second-order valence-corrected chi connectivity index (χ2v) is 7.12. The molecule has 25 heavy (non-hydrogen) atoms. The summed E-state index contributed by atoms with van der Waals surface area (Å²) in [4.78, 5) is 13.5. The minimum absolute atomic E-state index is 0.0841. The monoisotopic (exact) mass is 363 g/mol. The Morgan fingerprint density at radius 3 is 2.56 bits per heavy atom. The third-order valence-corrected chi connectivity index (χ3v) is 5.35. The summed E-state index contributed by atoms with van der Waals surface area (Å²) in [5.74, 6) is 0.204. The van der Waals surface area contributed by atoms with Crippen LogP contribution in [0.15, 0.2) is 29.4 Å². The normalized spacial score (nSPS) is 16.7. The molecule has 0 saturated carbocycles. The fourth-order valence-corrected chi connectivity index (χ4v) is 3.78. The highest BCUT2D eigenvalue weighted by Crippen LogP contribution is 2.29. The number of nitrogens with zero attached hydrogens (tertiary/aromatic N) is 4. The maximum atomic E-state index is 13.3. The number of carbonyl (C=O) groups excluding carboxylic acids is 1. The minimum atomic E-state index is -0.413. The summed E-state index contributed by atoms with van der Waals surface area (Å²) in [6.45, 7) is 4.17. The van der Waals surface area contributed by atoms with E-state index in [1.54, 1.807) is 12.1 Å². The lowest BCUT2D eigenvalue weighted by Crippen LogP contribution is -2.33. The second-order valence-electron chi connectivity index (χ2n) is 6.18. The van der Waals surface area contributed by atoms with Crippen LogP contribution in [-0.2, 0) is 4.79 Å². The summed E-state index contributed by atoms with van der Waals surface area (Å²) in [6.07, 6.45) is 3.62. The van der Waals surface area contributed by atoms with Crippen molar-refractivity contribution in [2.24, 2.45) is 5.73 Å². The van der Waals surface area contributed by atoms with Crippen molar-refractivity contribution in [2.45, 2.75) is 37.4 Å². The Morgan fingerprint density at radius 1 is 1.24 bits per heavy atom. The molecule has 2 heterocycles. The number of primary amides is 1. The van der Waals surface area contributed by atoms with Crippen LogP contribution >= 0.6 is 11.8 Å². The molecule has 134 valence electrons. The minimum Gasteiger partial charge on any atom is -0.369 e. The van der Waals surface area contributed by atoms with Crippen LogP contribution in [-0.4, -0.2) is 44.4 Å². The van der Waals surface area contributed by atoms with Crippen LogP contribution in [0.4, 0.5) is 4.39 Å². The van der Waals surface area contributed by atoms with Gasteiger partial charge in [-0.2, -0.15) is 0 Å². The number of halogens is 1. The number of hydrogen-bond donors (Lipinski definition) is 1. The molecule has 2 aromatic rings. The van der Waals surface area contributed by atoms with Crippen molar-refractivity contribution in [1.29, 1.82) is 0 Å². The number of aromatic nitrogens is 3. The number of benzene rings is 1. The van der Waals surface area contributed by atoms with Crippen molar-refractivity contribution in [2.75, 3.05) is 18.8 Å². The Hall–Kier alpha value is -1.93. The topological polar surface area (TPSA) is 77.0 Å². The molecule has 8 heteroatoms. The first-order valence-electron chi connectivity index (χ1n) is 8.42. The average molecular weight is 363 g/mol. The number of thioether (sulfide) groups is 1. The molecule has 1 amide bonds. The lowest BCUT2D eigenvalue weighted by Gasteiger charge is -2.31. The third kappa shape index (κ3) is 4.19. The molecule has 0 bridgehead atoms. The van der Waals surface area contributed by atoms with Crippen LogP contribution in [0, 0.1) is 5.82 Å². The molecular formula is C17H22FN5OS. The maximum absolute atomic E-state index is 13.3. The molecule has 0 spiro atoms. The number of nitrogens with two attached hydrogens (primary N) is 1. The SMILES string of the molecule is CC(c1nnc(SCC(N)=O)n1-c1ccc(F)cc1)N1CCCCC1. The Kier molecular flexibility index (Phi) is 5.70. The zero-order chi connectivity index (χ0) is 17.8. The summed E-state index contributed by atoms with van der Waals surface area (Å²) in [5.41, 5.74) is 6.03. The first-order valence-corrected chi connectivity index (χ1v) is 9.41. The molecule has 2 N–H and O–H groups in total. The highest BCUT2D eigenvalue weighted by molar-refractivity contribution is 7.99. The van der Waals surface area contributed by atoms with Gasteiger partial charge in [0, 0.05) is 5.69 Å². The van der Waals surface area contributed by atoms with Crippen LogP contribution in [0.1, 0.15) is 38.1 Å². The van der Waals surface area contributed by atoms with Crippen molar-refractivity contribution in [1.82, 2.24) is 19.7 Å². The summed E-state index contributed by atoms with van der Waals surface area (Å²) in [7, 11) is 0. The summed E-state index contributed by atoms with van der Waals surface area (Å²) in [5, 5.41) is 9.21. The van der Waals surface area contributed by atoms with Crippen LogP contribution in [0.25, 0.3) is 5.69 Å². The van der Waals surface area contributed by atoms with Gasteiger partial charge in [0.2, 0.25) is 5.91 Å². The van der Waals surface area contributed by atoms with E-state index >= 15 is 0 Å². The molecule has 1 unspecified atom stereocenters.